The van der Waals surface area contributed by atoms with Crippen molar-refractivity contribution in [3.8, 4) is 0 Å². The summed E-state index contributed by atoms with van der Waals surface area (Å²) in [4.78, 5) is 14.4. The van der Waals surface area contributed by atoms with Crippen molar-refractivity contribution in [1.29, 1.82) is 0 Å². The highest BCUT2D eigenvalue weighted by Crippen LogP contribution is 2.35. The predicted octanol–water partition coefficient (Wildman–Crippen LogP) is 3.25. The smallest absolute Gasteiger partial charge is 0.238 e. The van der Waals surface area contributed by atoms with Gasteiger partial charge in [-0.3, -0.25) is 4.79 Å². The minimum Gasteiger partial charge on any atom is -0.342 e. The molecule has 1 aromatic carbocycles. The SMILES string of the molecule is CC(C)=CCC[C@@]1(C)CCC(=O)N(CCc2ccc(S(N)(=O)=O)cc2)C1. The Hall–Kier alpha value is -1.66. The number of piperidine rings is 1. The number of carbonyl (C=O) groups excluding carboxylic acids is 1. The number of nitrogens with two attached hydrogens (primary N) is 1. The third-order valence-electron chi connectivity index (χ3n) is 5.09. The quantitative estimate of drug-likeness (QED) is 0.740. The lowest BCUT2D eigenvalue weighted by molar-refractivity contribution is -0.137. The summed E-state index contributed by atoms with van der Waals surface area (Å²) in [7, 11) is -3.66. The van der Waals surface area contributed by atoms with Crippen molar-refractivity contribution in [3.05, 3.63) is 41.5 Å². The Bertz CT molecular complexity index is 765. The van der Waals surface area contributed by atoms with Crippen LogP contribution in [0.5, 0.6) is 0 Å². The monoisotopic (exact) mass is 378 g/mol. The van der Waals surface area contributed by atoms with E-state index in [9.17, 15) is 13.2 Å². The highest BCUT2D eigenvalue weighted by molar-refractivity contribution is 7.89. The van der Waals surface area contributed by atoms with E-state index in [0.29, 0.717) is 19.4 Å². The standard InChI is InChI=1S/C20H30N2O3S/c1-16(2)5-4-12-20(3)13-10-19(23)22(15-20)14-11-17-6-8-18(9-7-17)26(21,24)25/h5-9H,4,10-15H2,1-3H3,(H2,21,24,25)/t20-/m0/s1. The fraction of sp³-hybridized carbons (Fsp3) is 0.550. The number of sulfonamides is 1. The summed E-state index contributed by atoms with van der Waals surface area (Å²) in [6.07, 6.45) is 6.67. The van der Waals surface area contributed by atoms with Crippen molar-refractivity contribution < 1.29 is 13.2 Å². The lowest BCUT2D eigenvalue weighted by Crippen LogP contribution is -2.46. The summed E-state index contributed by atoms with van der Waals surface area (Å²) >= 11 is 0. The summed E-state index contributed by atoms with van der Waals surface area (Å²) in [5.74, 6) is 0.214. The molecule has 1 fully saturated rings. The van der Waals surface area contributed by atoms with E-state index < -0.39 is 10.0 Å². The third-order valence-corrected chi connectivity index (χ3v) is 6.02. The zero-order valence-corrected chi connectivity index (χ0v) is 16.8. The number of allylic oxidation sites excluding steroid dienone is 2. The summed E-state index contributed by atoms with van der Waals surface area (Å²) in [5, 5.41) is 5.12. The number of amides is 1. The second-order valence-electron chi connectivity index (χ2n) is 7.89. The third kappa shape index (κ3) is 5.95. The van der Waals surface area contributed by atoms with Gasteiger partial charge in [-0.05, 0) is 62.6 Å². The second kappa shape index (κ2) is 8.35. The molecule has 5 nitrogen and oxygen atoms in total. The minimum atomic E-state index is -3.66. The molecule has 0 bridgehead atoms. The summed E-state index contributed by atoms with van der Waals surface area (Å²) in [6, 6.07) is 6.57. The van der Waals surface area contributed by atoms with Gasteiger partial charge in [0.05, 0.1) is 4.90 Å². The van der Waals surface area contributed by atoms with E-state index >= 15 is 0 Å². The number of carbonyl (C=O) groups is 1. The van der Waals surface area contributed by atoms with Crippen LogP contribution in [-0.2, 0) is 21.2 Å². The number of nitrogens with zero attached hydrogens (tertiary/aromatic N) is 1. The Kier molecular flexibility index (Phi) is 6.64. The molecule has 2 N–H and O–H groups in total. The van der Waals surface area contributed by atoms with E-state index in [1.165, 1.54) is 17.7 Å². The van der Waals surface area contributed by atoms with Crippen LogP contribution in [0.4, 0.5) is 0 Å². The van der Waals surface area contributed by atoms with Gasteiger partial charge in [0, 0.05) is 19.5 Å². The first-order valence-corrected chi connectivity index (χ1v) is 10.7. The van der Waals surface area contributed by atoms with Crippen molar-refractivity contribution in [2.24, 2.45) is 10.6 Å². The van der Waals surface area contributed by atoms with Gasteiger partial charge in [0.25, 0.3) is 0 Å². The van der Waals surface area contributed by atoms with Crippen LogP contribution in [0.1, 0.15) is 52.0 Å². The highest BCUT2D eigenvalue weighted by Gasteiger charge is 2.33. The molecule has 0 spiro atoms. The fourth-order valence-electron chi connectivity index (χ4n) is 3.42. The molecule has 1 aliphatic heterocycles. The zero-order valence-electron chi connectivity index (χ0n) is 16.0. The molecule has 1 atom stereocenters. The molecule has 0 aromatic heterocycles. The number of primary sulfonamides is 1. The fourth-order valence-corrected chi connectivity index (χ4v) is 3.94. The molecule has 1 aliphatic rings. The van der Waals surface area contributed by atoms with E-state index in [1.54, 1.807) is 12.1 Å². The minimum absolute atomic E-state index is 0.113. The largest absolute Gasteiger partial charge is 0.342 e. The Labute approximate surface area is 157 Å². The van der Waals surface area contributed by atoms with Crippen LogP contribution < -0.4 is 5.14 Å². The molecule has 0 aliphatic carbocycles. The van der Waals surface area contributed by atoms with Gasteiger partial charge in [-0.15, -0.1) is 0 Å². The normalized spacial score (nSPS) is 20.9. The van der Waals surface area contributed by atoms with E-state index in [1.807, 2.05) is 4.90 Å². The Balaban J connectivity index is 1.95. The van der Waals surface area contributed by atoms with E-state index in [2.05, 4.69) is 26.8 Å². The number of hydrogen-bond acceptors (Lipinski definition) is 3. The molecule has 1 amide bonds. The summed E-state index contributed by atoms with van der Waals surface area (Å²) in [6.45, 7) is 7.94. The van der Waals surface area contributed by atoms with Crippen molar-refractivity contribution >= 4 is 15.9 Å². The zero-order chi connectivity index (χ0) is 19.4. The topological polar surface area (TPSA) is 80.5 Å². The maximum absolute atomic E-state index is 12.3. The molecule has 1 aromatic rings. The molecule has 1 saturated heterocycles. The molecule has 1 heterocycles. The van der Waals surface area contributed by atoms with E-state index in [4.69, 9.17) is 5.14 Å². The maximum Gasteiger partial charge on any atom is 0.238 e. The van der Waals surface area contributed by atoms with Gasteiger partial charge >= 0.3 is 0 Å². The number of benzene rings is 1. The first-order valence-electron chi connectivity index (χ1n) is 9.12. The van der Waals surface area contributed by atoms with Crippen LogP contribution in [0.25, 0.3) is 0 Å². The summed E-state index contributed by atoms with van der Waals surface area (Å²) < 4.78 is 22.6. The molecule has 26 heavy (non-hydrogen) atoms. The molecule has 0 unspecified atom stereocenters. The van der Waals surface area contributed by atoms with Gasteiger partial charge in [0.1, 0.15) is 0 Å². The Morgan fingerprint density at radius 3 is 2.50 bits per heavy atom. The molecule has 0 saturated carbocycles. The van der Waals surface area contributed by atoms with Crippen LogP contribution in [-0.4, -0.2) is 32.3 Å². The number of likely N-dealkylation sites (tertiary alicyclic amines) is 1. The average Bonchev–Trinajstić information content (AvgIpc) is 2.55. The first-order chi connectivity index (χ1) is 12.1. The van der Waals surface area contributed by atoms with Crippen molar-refractivity contribution in [2.45, 2.75) is 57.8 Å². The molecular formula is C20H30N2O3S. The summed E-state index contributed by atoms with van der Waals surface area (Å²) in [5.41, 5.74) is 2.50. The van der Waals surface area contributed by atoms with Crippen LogP contribution in [0.3, 0.4) is 0 Å². The number of hydrogen-bond donors (Lipinski definition) is 1. The maximum atomic E-state index is 12.3. The van der Waals surface area contributed by atoms with Crippen LogP contribution in [0.2, 0.25) is 0 Å². The molecule has 144 valence electrons. The van der Waals surface area contributed by atoms with Gasteiger partial charge < -0.3 is 4.90 Å². The van der Waals surface area contributed by atoms with Gasteiger partial charge in [0.15, 0.2) is 0 Å². The van der Waals surface area contributed by atoms with Gasteiger partial charge in [-0.25, -0.2) is 13.6 Å². The van der Waals surface area contributed by atoms with Gasteiger partial charge in [0.2, 0.25) is 15.9 Å². The highest BCUT2D eigenvalue weighted by atomic mass is 32.2. The average molecular weight is 379 g/mol. The van der Waals surface area contributed by atoms with Gasteiger partial charge in [-0.2, -0.15) is 0 Å². The van der Waals surface area contributed by atoms with E-state index in [-0.39, 0.29) is 16.2 Å². The van der Waals surface area contributed by atoms with Gasteiger partial charge in [-0.1, -0.05) is 30.7 Å². The van der Waals surface area contributed by atoms with Crippen LogP contribution in [0, 0.1) is 5.41 Å². The Morgan fingerprint density at radius 2 is 1.92 bits per heavy atom. The molecule has 6 heteroatoms. The number of rotatable bonds is 7. The van der Waals surface area contributed by atoms with Crippen molar-refractivity contribution in [2.75, 3.05) is 13.1 Å². The first kappa shape index (κ1) is 20.6. The van der Waals surface area contributed by atoms with Crippen molar-refractivity contribution in [3.63, 3.8) is 0 Å². The van der Waals surface area contributed by atoms with Crippen LogP contribution in [0.15, 0.2) is 40.8 Å². The lowest BCUT2D eigenvalue weighted by Gasteiger charge is -2.40. The van der Waals surface area contributed by atoms with Crippen molar-refractivity contribution in [1.82, 2.24) is 4.90 Å². The Morgan fingerprint density at radius 1 is 1.27 bits per heavy atom. The van der Waals surface area contributed by atoms with E-state index in [0.717, 1.165) is 31.4 Å². The second-order valence-corrected chi connectivity index (χ2v) is 9.45. The molecule has 2 rings (SSSR count). The molecule has 0 radical (unpaired) electrons. The predicted molar refractivity (Wildman–Crippen MR) is 104 cm³/mol. The van der Waals surface area contributed by atoms with Crippen LogP contribution >= 0.6 is 0 Å². The molecular weight excluding hydrogens is 348 g/mol. The lowest BCUT2D eigenvalue weighted by atomic mass is 9.77.